The average Bonchev–Trinajstić information content (AvgIpc) is 2.29. The van der Waals surface area contributed by atoms with Gasteiger partial charge >= 0.3 is 0 Å². The lowest BCUT2D eigenvalue weighted by atomic mass is 10.2. The highest BCUT2D eigenvalue weighted by Crippen LogP contribution is 2.31. The van der Waals surface area contributed by atoms with Gasteiger partial charge in [-0.2, -0.15) is 4.31 Å². The predicted octanol–water partition coefficient (Wildman–Crippen LogP) is 4.31. The van der Waals surface area contributed by atoms with E-state index in [0.717, 1.165) is 10.0 Å². The minimum atomic E-state index is -3.51. The summed E-state index contributed by atoms with van der Waals surface area (Å²) >= 11 is 10.0. The number of alkyl halides is 1. The van der Waals surface area contributed by atoms with Crippen molar-refractivity contribution in [3.63, 3.8) is 0 Å². The molecule has 1 aromatic rings. The van der Waals surface area contributed by atoms with E-state index >= 15 is 0 Å². The van der Waals surface area contributed by atoms with E-state index in [9.17, 15) is 8.42 Å². The first-order valence-corrected chi connectivity index (χ1v) is 9.90. The van der Waals surface area contributed by atoms with Crippen molar-refractivity contribution >= 4 is 57.8 Å². The Hall–Kier alpha value is 0.570. The van der Waals surface area contributed by atoms with Gasteiger partial charge in [0, 0.05) is 26.9 Å². The van der Waals surface area contributed by atoms with Crippen LogP contribution in [0, 0.1) is 6.92 Å². The van der Waals surface area contributed by atoms with E-state index in [1.807, 2.05) is 26.8 Å². The zero-order chi connectivity index (χ0) is 14.8. The second-order valence-electron chi connectivity index (χ2n) is 4.43. The smallest absolute Gasteiger partial charge is 0.207 e. The first kappa shape index (κ1) is 17.6. The first-order valence-electron chi connectivity index (χ1n) is 5.75. The third-order valence-corrected chi connectivity index (χ3v) is 6.92. The molecule has 0 saturated heterocycles. The number of hydrogen-bond acceptors (Lipinski definition) is 2. The average molecular weight is 478 g/mol. The van der Waals surface area contributed by atoms with Crippen molar-refractivity contribution < 1.29 is 8.42 Å². The third kappa shape index (κ3) is 4.03. The highest BCUT2D eigenvalue weighted by atomic mass is 79.9. The number of nitrogens with zero attached hydrogens (tertiary/aromatic N) is 1. The maximum atomic E-state index is 12.7. The molecular formula is C12H16Br3NO2S. The molecule has 0 aliphatic heterocycles. The third-order valence-electron chi connectivity index (χ3n) is 2.68. The van der Waals surface area contributed by atoms with Crippen LogP contribution < -0.4 is 0 Å². The molecule has 0 saturated carbocycles. The largest absolute Gasteiger partial charge is 0.244 e. The molecular weight excluding hydrogens is 462 g/mol. The molecule has 0 aliphatic carbocycles. The Morgan fingerprint density at radius 3 is 2.26 bits per heavy atom. The van der Waals surface area contributed by atoms with Crippen molar-refractivity contribution in [1.82, 2.24) is 4.31 Å². The zero-order valence-electron chi connectivity index (χ0n) is 11.0. The lowest BCUT2D eigenvalue weighted by Crippen LogP contribution is -2.38. The summed E-state index contributed by atoms with van der Waals surface area (Å²) in [6.45, 7) is 6.11. The Morgan fingerprint density at radius 2 is 1.79 bits per heavy atom. The molecule has 0 heterocycles. The predicted molar refractivity (Wildman–Crippen MR) is 89.4 cm³/mol. The molecule has 1 rings (SSSR count). The molecule has 108 valence electrons. The second-order valence-corrected chi connectivity index (χ2v) is 8.79. The van der Waals surface area contributed by atoms with Crippen LogP contribution in [0.15, 0.2) is 26.0 Å². The van der Waals surface area contributed by atoms with Crippen molar-refractivity contribution in [2.24, 2.45) is 0 Å². The minimum absolute atomic E-state index is 0.0884. The van der Waals surface area contributed by atoms with Crippen LogP contribution in [-0.4, -0.2) is 30.6 Å². The van der Waals surface area contributed by atoms with Crippen molar-refractivity contribution in [2.75, 3.05) is 11.9 Å². The van der Waals surface area contributed by atoms with Gasteiger partial charge < -0.3 is 0 Å². The molecule has 7 heteroatoms. The lowest BCUT2D eigenvalue weighted by molar-refractivity contribution is 0.372. The number of sulfonamides is 1. The van der Waals surface area contributed by atoms with Gasteiger partial charge in [0.15, 0.2) is 0 Å². The fraction of sp³-hybridized carbons (Fsp3) is 0.500. The van der Waals surface area contributed by atoms with Crippen LogP contribution in [0.1, 0.15) is 19.4 Å². The van der Waals surface area contributed by atoms with Gasteiger partial charge in [0.1, 0.15) is 0 Å². The second kappa shape index (κ2) is 7.02. The number of hydrogen-bond donors (Lipinski definition) is 0. The van der Waals surface area contributed by atoms with Gasteiger partial charge in [-0.15, -0.1) is 0 Å². The van der Waals surface area contributed by atoms with Crippen molar-refractivity contribution in [2.45, 2.75) is 31.7 Å². The Bertz CT molecular complexity index is 558. The summed E-state index contributed by atoms with van der Waals surface area (Å²) in [4.78, 5) is 0.291. The van der Waals surface area contributed by atoms with E-state index in [0.29, 0.717) is 21.2 Å². The number of benzene rings is 1. The summed E-state index contributed by atoms with van der Waals surface area (Å²) < 4.78 is 28.3. The van der Waals surface area contributed by atoms with Crippen LogP contribution in [0.2, 0.25) is 0 Å². The van der Waals surface area contributed by atoms with E-state index in [1.165, 1.54) is 4.31 Å². The van der Waals surface area contributed by atoms with Gasteiger partial charge in [0.25, 0.3) is 0 Å². The fourth-order valence-corrected chi connectivity index (χ4v) is 5.59. The molecule has 0 N–H and O–H groups in total. The summed E-state index contributed by atoms with van der Waals surface area (Å²) in [6, 6.07) is 3.37. The topological polar surface area (TPSA) is 37.4 Å². The van der Waals surface area contributed by atoms with Gasteiger partial charge in [-0.3, -0.25) is 0 Å². The van der Waals surface area contributed by atoms with Gasteiger partial charge in [0.2, 0.25) is 10.0 Å². The van der Waals surface area contributed by atoms with Gasteiger partial charge in [-0.05, 0) is 54.4 Å². The molecule has 0 bridgehead atoms. The Labute approximate surface area is 140 Å². The van der Waals surface area contributed by atoms with E-state index in [2.05, 4.69) is 47.8 Å². The fourth-order valence-electron chi connectivity index (χ4n) is 1.69. The zero-order valence-corrected chi connectivity index (χ0v) is 16.5. The summed E-state index contributed by atoms with van der Waals surface area (Å²) in [7, 11) is -3.51. The van der Waals surface area contributed by atoms with Crippen molar-refractivity contribution in [3.8, 4) is 0 Å². The molecule has 3 nitrogen and oxygen atoms in total. The van der Waals surface area contributed by atoms with E-state index in [1.54, 1.807) is 6.07 Å². The molecule has 0 aliphatic rings. The Morgan fingerprint density at radius 1 is 1.21 bits per heavy atom. The van der Waals surface area contributed by atoms with Crippen LogP contribution >= 0.6 is 47.8 Å². The number of rotatable bonds is 5. The number of aryl methyl sites for hydroxylation is 1. The van der Waals surface area contributed by atoms with Crippen molar-refractivity contribution in [3.05, 3.63) is 26.6 Å². The molecule has 0 spiro atoms. The maximum absolute atomic E-state index is 12.7. The van der Waals surface area contributed by atoms with Crippen LogP contribution in [-0.2, 0) is 10.0 Å². The summed E-state index contributed by atoms with van der Waals surface area (Å²) in [5.41, 5.74) is 0.988. The molecule has 0 fully saturated rings. The molecule has 0 aromatic heterocycles. The van der Waals surface area contributed by atoms with E-state index in [-0.39, 0.29) is 6.04 Å². The quantitative estimate of drug-likeness (QED) is 0.592. The van der Waals surface area contributed by atoms with Crippen LogP contribution in [0.4, 0.5) is 0 Å². The maximum Gasteiger partial charge on any atom is 0.244 e. The minimum Gasteiger partial charge on any atom is -0.207 e. The highest BCUT2D eigenvalue weighted by molar-refractivity contribution is 9.11. The van der Waals surface area contributed by atoms with Gasteiger partial charge in [-0.1, -0.05) is 31.9 Å². The molecule has 0 unspecified atom stereocenters. The summed E-state index contributed by atoms with van der Waals surface area (Å²) in [6.07, 6.45) is 0. The molecule has 0 amide bonds. The molecule has 19 heavy (non-hydrogen) atoms. The van der Waals surface area contributed by atoms with Gasteiger partial charge in [-0.25, -0.2) is 8.42 Å². The number of halogens is 3. The lowest BCUT2D eigenvalue weighted by Gasteiger charge is -2.26. The molecule has 0 radical (unpaired) electrons. The molecule has 0 atom stereocenters. The van der Waals surface area contributed by atoms with Crippen molar-refractivity contribution in [1.29, 1.82) is 0 Å². The van der Waals surface area contributed by atoms with Gasteiger partial charge in [0.05, 0.1) is 4.90 Å². The molecule has 1 aromatic carbocycles. The highest BCUT2D eigenvalue weighted by Gasteiger charge is 2.28. The SMILES string of the molecule is Cc1cc(Br)c(S(=O)(=O)N(CCBr)C(C)C)cc1Br. The standard InChI is InChI=1S/C12H16Br3NO2S/c1-8(2)16(5-4-13)19(17,18)12-7-10(14)9(3)6-11(12)15/h6-8H,4-5H2,1-3H3. The van der Waals surface area contributed by atoms with Crippen LogP contribution in [0.25, 0.3) is 0 Å². The van der Waals surface area contributed by atoms with E-state index < -0.39 is 10.0 Å². The normalized spacial score (nSPS) is 12.4. The summed E-state index contributed by atoms with van der Waals surface area (Å²) in [5.74, 6) is 0. The van der Waals surface area contributed by atoms with E-state index in [4.69, 9.17) is 0 Å². The summed E-state index contributed by atoms with van der Waals surface area (Å²) in [5, 5.41) is 0.606. The Kier molecular flexibility index (Phi) is 6.51. The monoisotopic (exact) mass is 475 g/mol. The Balaban J connectivity index is 3.37. The van der Waals surface area contributed by atoms with Crippen LogP contribution in [0.5, 0.6) is 0 Å². The van der Waals surface area contributed by atoms with Crippen LogP contribution in [0.3, 0.4) is 0 Å². The first-order chi connectivity index (χ1) is 8.71.